The van der Waals surface area contributed by atoms with Gasteiger partial charge in [0.05, 0.1) is 96.5 Å². The number of carbonyl (C=O) groups excluding carboxylic acids is 2. The summed E-state index contributed by atoms with van der Waals surface area (Å²) in [4.78, 5) is 43.2. The maximum atomic E-state index is 11.1. The van der Waals surface area contributed by atoms with Crippen LogP contribution in [-0.2, 0) is 61.8 Å². The molecule has 4 saturated heterocycles. The zero-order valence-electron chi connectivity index (χ0n) is 22.0. The molecule has 4 fully saturated rings. The molecule has 15 heteroatoms. The molecule has 2 N–H and O–H groups in total. The zero-order chi connectivity index (χ0) is 28.5. The van der Waals surface area contributed by atoms with E-state index in [1.807, 2.05) is 0 Å². The Bertz CT molecular complexity index is 789. The van der Waals surface area contributed by atoms with Crippen LogP contribution in [0.1, 0.15) is 32.6 Å². The molecule has 4 heterocycles. The van der Waals surface area contributed by atoms with Gasteiger partial charge in [-0.1, -0.05) is 0 Å². The first-order valence-electron chi connectivity index (χ1n) is 12.4. The van der Waals surface area contributed by atoms with Crippen molar-refractivity contribution in [1.29, 1.82) is 0 Å². The molecule has 0 aromatic carbocycles. The third kappa shape index (κ3) is 10.0. The molecule has 0 saturated carbocycles. The van der Waals surface area contributed by atoms with Crippen molar-refractivity contribution in [3.05, 3.63) is 0 Å². The molecule has 0 aromatic rings. The van der Waals surface area contributed by atoms with Crippen LogP contribution in [0.4, 0.5) is 0 Å². The second-order valence-electron chi connectivity index (χ2n) is 10.1. The molecule has 0 aromatic heterocycles. The van der Waals surface area contributed by atoms with E-state index in [0.29, 0.717) is 26.4 Å². The number of esters is 1. The summed E-state index contributed by atoms with van der Waals surface area (Å²) in [6.45, 7) is 4.18. The van der Waals surface area contributed by atoms with Gasteiger partial charge in [-0.25, -0.2) is 0 Å². The first-order chi connectivity index (χ1) is 18.5. The number of Topliss-reactive ketones (excluding diaryl/α,β-unsaturated/α-hetero) is 1. The van der Waals surface area contributed by atoms with Gasteiger partial charge in [0, 0.05) is 0 Å². The number of aliphatic carboxylic acids is 2. The van der Waals surface area contributed by atoms with Gasteiger partial charge < -0.3 is 52.8 Å². The number of methoxy groups -OCH3 is 1. The Balaban J connectivity index is 0.000000216. The van der Waals surface area contributed by atoms with Crippen LogP contribution in [0.25, 0.3) is 0 Å². The standard InChI is InChI=1S/C13H20O7.C11H16O8/c1-9(14)3-11-17-5-13(6-18-11)7-19-12(20-8-13)4-10(15)16-2;12-7(13)1-9-16-3-11(4-17-9)5-18-10(19-6-11)2-8(14)15/h11-12H,3-8H2,1-2H3;9-10H,1-6H2,(H,12,13)(H,14,15). The van der Waals surface area contributed by atoms with Crippen molar-refractivity contribution >= 4 is 23.7 Å². The molecule has 4 rings (SSSR count). The van der Waals surface area contributed by atoms with Crippen LogP contribution in [0.15, 0.2) is 0 Å². The Morgan fingerprint density at radius 1 is 0.590 bits per heavy atom. The van der Waals surface area contributed by atoms with Gasteiger partial charge in [0.1, 0.15) is 5.78 Å². The van der Waals surface area contributed by atoms with E-state index < -0.39 is 42.5 Å². The summed E-state index contributed by atoms with van der Waals surface area (Å²) in [7, 11) is 1.32. The third-order valence-corrected chi connectivity index (χ3v) is 6.30. The van der Waals surface area contributed by atoms with Gasteiger partial charge >= 0.3 is 17.9 Å². The molecule has 0 aliphatic carbocycles. The van der Waals surface area contributed by atoms with Crippen LogP contribution in [0.2, 0.25) is 0 Å². The number of rotatable bonds is 8. The Morgan fingerprint density at radius 2 is 0.872 bits per heavy atom. The van der Waals surface area contributed by atoms with Crippen LogP contribution in [0.3, 0.4) is 0 Å². The number of ketones is 1. The van der Waals surface area contributed by atoms with E-state index in [1.165, 1.54) is 14.0 Å². The highest BCUT2D eigenvalue weighted by Crippen LogP contribution is 2.32. The van der Waals surface area contributed by atoms with E-state index in [4.69, 9.17) is 48.1 Å². The highest BCUT2D eigenvalue weighted by Gasteiger charge is 2.43. The first kappa shape index (κ1) is 31.3. The minimum absolute atomic E-state index is 0.0280. The molecule has 0 atom stereocenters. The van der Waals surface area contributed by atoms with E-state index in [9.17, 15) is 19.2 Å². The van der Waals surface area contributed by atoms with Gasteiger partial charge in [0.2, 0.25) is 0 Å². The molecule has 0 radical (unpaired) electrons. The van der Waals surface area contributed by atoms with Gasteiger partial charge in [-0.2, -0.15) is 0 Å². The van der Waals surface area contributed by atoms with Crippen molar-refractivity contribution in [1.82, 2.24) is 0 Å². The lowest BCUT2D eigenvalue weighted by molar-refractivity contribution is -0.302. The Labute approximate surface area is 224 Å². The summed E-state index contributed by atoms with van der Waals surface area (Å²) in [5.41, 5.74) is -0.843. The molecule has 222 valence electrons. The molecule has 0 bridgehead atoms. The van der Waals surface area contributed by atoms with Crippen LogP contribution in [0, 0.1) is 10.8 Å². The normalized spacial score (nSPS) is 34.5. The summed E-state index contributed by atoms with van der Waals surface area (Å²) < 4.78 is 47.9. The zero-order valence-corrected chi connectivity index (χ0v) is 22.0. The fourth-order valence-electron chi connectivity index (χ4n) is 4.06. The minimum Gasteiger partial charge on any atom is -0.481 e. The Kier molecular flexibility index (Phi) is 11.6. The highest BCUT2D eigenvalue weighted by molar-refractivity contribution is 5.75. The van der Waals surface area contributed by atoms with Crippen molar-refractivity contribution in [2.75, 3.05) is 60.0 Å². The van der Waals surface area contributed by atoms with E-state index in [0.717, 1.165) is 0 Å². The molecule has 0 amide bonds. The van der Waals surface area contributed by atoms with E-state index >= 15 is 0 Å². The third-order valence-electron chi connectivity index (χ3n) is 6.30. The molecular weight excluding hydrogens is 528 g/mol. The van der Waals surface area contributed by atoms with Gasteiger partial charge in [-0.15, -0.1) is 0 Å². The van der Waals surface area contributed by atoms with Crippen molar-refractivity contribution in [3.8, 4) is 0 Å². The second-order valence-corrected chi connectivity index (χ2v) is 10.1. The number of carbonyl (C=O) groups is 4. The average molecular weight is 565 g/mol. The van der Waals surface area contributed by atoms with Gasteiger partial charge in [0.25, 0.3) is 0 Å². The molecule has 39 heavy (non-hydrogen) atoms. The van der Waals surface area contributed by atoms with Crippen LogP contribution < -0.4 is 0 Å². The molecule has 15 nitrogen and oxygen atoms in total. The maximum absolute atomic E-state index is 11.1. The van der Waals surface area contributed by atoms with E-state index in [-0.39, 0.29) is 69.3 Å². The number of carboxylic acid groups (broad SMARTS) is 2. The molecule has 2 spiro atoms. The van der Waals surface area contributed by atoms with Crippen LogP contribution >= 0.6 is 0 Å². The topological polar surface area (TPSA) is 192 Å². The number of hydrogen-bond acceptors (Lipinski definition) is 13. The van der Waals surface area contributed by atoms with Crippen molar-refractivity contribution in [2.24, 2.45) is 10.8 Å². The van der Waals surface area contributed by atoms with Crippen molar-refractivity contribution < 1.29 is 72.0 Å². The number of ether oxygens (including phenoxy) is 9. The SMILES string of the molecule is COC(=O)CC1OCC2(COC(CC(C)=O)OC2)CO1.O=C(O)CC1OCC2(CO1)COC(CC(=O)O)OC2. The van der Waals surface area contributed by atoms with Gasteiger partial charge in [-0.05, 0) is 6.92 Å². The summed E-state index contributed by atoms with van der Waals surface area (Å²) in [6.07, 6.45) is -2.66. The van der Waals surface area contributed by atoms with Gasteiger partial charge in [-0.3, -0.25) is 19.2 Å². The first-order valence-corrected chi connectivity index (χ1v) is 12.4. The van der Waals surface area contributed by atoms with E-state index in [1.54, 1.807) is 0 Å². The largest absolute Gasteiger partial charge is 0.481 e. The predicted molar refractivity (Wildman–Crippen MR) is 124 cm³/mol. The molecular formula is C24H36O15. The van der Waals surface area contributed by atoms with Crippen LogP contribution in [0.5, 0.6) is 0 Å². The highest BCUT2D eigenvalue weighted by atomic mass is 16.7. The molecule has 0 unspecified atom stereocenters. The quantitative estimate of drug-likeness (QED) is 0.372. The lowest BCUT2D eigenvalue weighted by Crippen LogP contribution is -2.52. The average Bonchev–Trinajstić information content (AvgIpc) is 2.89. The predicted octanol–water partition coefficient (Wildman–Crippen LogP) is -0.0712. The van der Waals surface area contributed by atoms with Crippen LogP contribution in [-0.4, -0.2) is 119 Å². The lowest BCUT2D eigenvalue weighted by Gasteiger charge is -2.43. The lowest BCUT2D eigenvalue weighted by atomic mass is 9.90. The Morgan fingerprint density at radius 3 is 1.13 bits per heavy atom. The van der Waals surface area contributed by atoms with E-state index in [2.05, 4.69) is 4.74 Å². The summed E-state index contributed by atoms with van der Waals surface area (Å²) >= 11 is 0. The summed E-state index contributed by atoms with van der Waals surface area (Å²) in [5, 5.41) is 17.2. The fourth-order valence-corrected chi connectivity index (χ4v) is 4.06. The number of carboxylic acids is 2. The Hall–Kier alpha value is -2.24. The number of hydrogen-bond donors (Lipinski definition) is 2. The molecule has 4 aliphatic heterocycles. The smallest absolute Gasteiger partial charge is 0.310 e. The maximum Gasteiger partial charge on any atom is 0.310 e. The molecule has 4 aliphatic rings. The fraction of sp³-hybridized carbons (Fsp3) is 0.833. The minimum atomic E-state index is -0.987. The monoisotopic (exact) mass is 564 g/mol. The summed E-state index contributed by atoms with van der Waals surface area (Å²) in [6, 6.07) is 0. The summed E-state index contributed by atoms with van der Waals surface area (Å²) in [5.74, 6) is -2.32. The van der Waals surface area contributed by atoms with Crippen molar-refractivity contribution in [2.45, 2.75) is 57.8 Å². The van der Waals surface area contributed by atoms with Gasteiger partial charge in [0.15, 0.2) is 25.2 Å². The van der Waals surface area contributed by atoms with Crippen molar-refractivity contribution in [3.63, 3.8) is 0 Å². The second kappa shape index (κ2) is 14.4.